The normalized spacial score (nSPS) is 12.3. The first-order chi connectivity index (χ1) is 8.29. The average Bonchev–Trinajstić information content (AvgIpc) is 2.39. The zero-order valence-electron chi connectivity index (χ0n) is 9.63. The fourth-order valence-corrected chi connectivity index (χ4v) is 2.56. The predicted molar refractivity (Wildman–Crippen MR) is 72.2 cm³/mol. The fourth-order valence-electron chi connectivity index (χ4n) is 1.58. The van der Waals surface area contributed by atoms with Crippen molar-refractivity contribution < 1.29 is 5.11 Å². The minimum absolute atomic E-state index is 0.223. The monoisotopic (exact) mass is 245 g/mol. The summed E-state index contributed by atoms with van der Waals surface area (Å²) in [5.41, 5.74) is 1.24. The van der Waals surface area contributed by atoms with E-state index in [1.165, 1.54) is 5.56 Å². The largest absolute Gasteiger partial charge is 0.508 e. The SMILES string of the molecule is CNC(Sc1ccc(O)cc1)c1ccccc1. The van der Waals surface area contributed by atoms with Gasteiger partial charge in [0.25, 0.3) is 0 Å². The molecule has 2 rings (SSSR count). The van der Waals surface area contributed by atoms with E-state index >= 15 is 0 Å². The molecule has 2 nitrogen and oxygen atoms in total. The van der Waals surface area contributed by atoms with Crippen molar-refractivity contribution in [1.82, 2.24) is 5.32 Å². The zero-order chi connectivity index (χ0) is 12.1. The van der Waals surface area contributed by atoms with Crippen molar-refractivity contribution in [3.05, 3.63) is 60.2 Å². The van der Waals surface area contributed by atoms with Gasteiger partial charge < -0.3 is 10.4 Å². The Labute approximate surface area is 106 Å². The summed E-state index contributed by atoms with van der Waals surface area (Å²) < 4.78 is 0. The topological polar surface area (TPSA) is 32.3 Å². The molecule has 1 unspecified atom stereocenters. The van der Waals surface area contributed by atoms with Gasteiger partial charge >= 0.3 is 0 Å². The lowest BCUT2D eigenvalue weighted by atomic mass is 10.2. The highest BCUT2D eigenvalue weighted by Crippen LogP contribution is 2.33. The number of thioether (sulfide) groups is 1. The first-order valence-corrected chi connectivity index (χ1v) is 6.35. The maximum atomic E-state index is 9.24. The second-order valence-electron chi connectivity index (χ2n) is 3.69. The standard InChI is InChI=1S/C14H15NOS/c1-15-14(11-5-3-2-4-6-11)17-13-9-7-12(16)8-10-13/h2-10,14-16H,1H3. The molecule has 0 fully saturated rings. The van der Waals surface area contributed by atoms with Crippen LogP contribution in [-0.4, -0.2) is 12.2 Å². The van der Waals surface area contributed by atoms with Crippen LogP contribution in [-0.2, 0) is 0 Å². The van der Waals surface area contributed by atoms with Crippen molar-refractivity contribution in [1.29, 1.82) is 0 Å². The van der Waals surface area contributed by atoms with E-state index < -0.39 is 0 Å². The molecular formula is C14H15NOS. The smallest absolute Gasteiger partial charge is 0.115 e. The Morgan fingerprint density at radius 1 is 1.00 bits per heavy atom. The number of hydrogen-bond acceptors (Lipinski definition) is 3. The molecule has 0 aromatic heterocycles. The average molecular weight is 245 g/mol. The molecule has 0 saturated heterocycles. The number of rotatable bonds is 4. The van der Waals surface area contributed by atoms with Gasteiger partial charge in [-0.1, -0.05) is 30.3 Å². The number of phenols is 1. The molecule has 0 amide bonds. The number of nitrogens with one attached hydrogen (secondary N) is 1. The van der Waals surface area contributed by atoms with E-state index in [2.05, 4.69) is 17.4 Å². The van der Waals surface area contributed by atoms with Gasteiger partial charge in [0.05, 0.1) is 5.37 Å². The minimum Gasteiger partial charge on any atom is -0.508 e. The number of aromatic hydroxyl groups is 1. The molecule has 0 aliphatic heterocycles. The molecule has 2 aromatic rings. The van der Waals surface area contributed by atoms with Crippen LogP contribution in [0.2, 0.25) is 0 Å². The van der Waals surface area contributed by atoms with Gasteiger partial charge in [0.1, 0.15) is 5.75 Å². The Balaban J connectivity index is 2.13. The highest BCUT2D eigenvalue weighted by Gasteiger charge is 2.09. The van der Waals surface area contributed by atoms with Crippen molar-refractivity contribution in [3.8, 4) is 5.75 Å². The molecule has 2 aromatic carbocycles. The third-order valence-electron chi connectivity index (χ3n) is 2.46. The summed E-state index contributed by atoms with van der Waals surface area (Å²) in [5.74, 6) is 0.301. The van der Waals surface area contributed by atoms with Gasteiger partial charge in [0.15, 0.2) is 0 Å². The Morgan fingerprint density at radius 2 is 1.65 bits per heavy atom. The van der Waals surface area contributed by atoms with Crippen molar-refractivity contribution >= 4 is 11.8 Å². The van der Waals surface area contributed by atoms with Crippen LogP contribution in [0.4, 0.5) is 0 Å². The molecule has 0 radical (unpaired) electrons. The fraction of sp³-hybridized carbons (Fsp3) is 0.143. The van der Waals surface area contributed by atoms with E-state index in [0.717, 1.165) is 4.90 Å². The Kier molecular flexibility index (Phi) is 4.07. The first kappa shape index (κ1) is 12.0. The predicted octanol–water partition coefficient (Wildman–Crippen LogP) is 3.40. The van der Waals surface area contributed by atoms with Crippen molar-refractivity contribution in [2.45, 2.75) is 10.3 Å². The van der Waals surface area contributed by atoms with E-state index in [-0.39, 0.29) is 5.37 Å². The number of hydrogen-bond donors (Lipinski definition) is 2. The lowest BCUT2D eigenvalue weighted by molar-refractivity contribution is 0.475. The maximum absolute atomic E-state index is 9.24. The molecule has 17 heavy (non-hydrogen) atoms. The summed E-state index contributed by atoms with van der Waals surface area (Å²) >= 11 is 1.73. The summed E-state index contributed by atoms with van der Waals surface area (Å²) in [7, 11) is 1.95. The molecule has 0 spiro atoms. The Hall–Kier alpha value is -1.45. The second kappa shape index (κ2) is 5.75. The zero-order valence-corrected chi connectivity index (χ0v) is 10.4. The molecule has 0 aliphatic rings. The van der Waals surface area contributed by atoms with E-state index in [0.29, 0.717) is 5.75 Å². The number of benzene rings is 2. The van der Waals surface area contributed by atoms with Crippen LogP contribution in [0.25, 0.3) is 0 Å². The Morgan fingerprint density at radius 3 is 2.24 bits per heavy atom. The highest BCUT2D eigenvalue weighted by molar-refractivity contribution is 7.99. The van der Waals surface area contributed by atoms with Crippen LogP contribution < -0.4 is 5.32 Å². The second-order valence-corrected chi connectivity index (χ2v) is 4.87. The molecule has 0 aliphatic carbocycles. The van der Waals surface area contributed by atoms with Gasteiger partial charge in [0.2, 0.25) is 0 Å². The summed E-state index contributed by atoms with van der Waals surface area (Å²) in [4.78, 5) is 1.13. The molecule has 1 atom stereocenters. The van der Waals surface area contributed by atoms with Crippen LogP contribution in [0.1, 0.15) is 10.9 Å². The third-order valence-corrected chi connectivity index (χ3v) is 3.74. The minimum atomic E-state index is 0.223. The van der Waals surface area contributed by atoms with Gasteiger partial charge in [-0.2, -0.15) is 0 Å². The van der Waals surface area contributed by atoms with Gasteiger partial charge in [-0.25, -0.2) is 0 Å². The third kappa shape index (κ3) is 3.25. The molecular weight excluding hydrogens is 230 g/mol. The van der Waals surface area contributed by atoms with Crippen molar-refractivity contribution in [3.63, 3.8) is 0 Å². The van der Waals surface area contributed by atoms with E-state index in [1.807, 2.05) is 37.4 Å². The maximum Gasteiger partial charge on any atom is 0.115 e. The quantitative estimate of drug-likeness (QED) is 0.639. The highest BCUT2D eigenvalue weighted by atomic mass is 32.2. The summed E-state index contributed by atoms with van der Waals surface area (Å²) in [5, 5.41) is 12.7. The lowest BCUT2D eigenvalue weighted by Gasteiger charge is -2.16. The van der Waals surface area contributed by atoms with E-state index in [9.17, 15) is 5.11 Å². The van der Waals surface area contributed by atoms with Crippen LogP contribution in [0.3, 0.4) is 0 Å². The van der Waals surface area contributed by atoms with Gasteiger partial charge in [-0.3, -0.25) is 0 Å². The molecule has 0 heterocycles. The Bertz CT molecular complexity index is 455. The number of phenolic OH excluding ortho intramolecular Hbond substituents is 1. The van der Waals surface area contributed by atoms with Crippen LogP contribution in [0.5, 0.6) is 5.75 Å². The summed E-state index contributed by atoms with van der Waals surface area (Å²) in [6.07, 6.45) is 0. The van der Waals surface area contributed by atoms with Gasteiger partial charge in [-0.15, -0.1) is 11.8 Å². The molecule has 0 bridgehead atoms. The van der Waals surface area contributed by atoms with Crippen LogP contribution >= 0.6 is 11.8 Å². The summed E-state index contributed by atoms with van der Waals surface area (Å²) in [6, 6.07) is 17.6. The molecule has 0 saturated carbocycles. The van der Waals surface area contributed by atoms with Crippen LogP contribution in [0.15, 0.2) is 59.5 Å². The first-order valence-electron chi connectivity index (χ1n) is 5.47. The van der Waals surface area contributed by atoms with Gasteiger partial charge in [0, 0.05) is 4.90 Å². The van der Waals surface area contributed by atoms with Crippen molar-refractivity contribution in [2.75, 3.05) is 7.05 Å². The molecule has 2 N–H and O–H groups in total. The van der Waals surface area contributed by atoms with Crippen LogP contribution in [0, 0.1) is 0 Å². The van der Waals surface area contributed by atoms with Gasteiger partial charge in [-0.05, 0) is 36.9 Å². The lowest BCUT2D eigenvalue weighted by Crippen LogP contribution is -2.12. The van der Waals surface area contributed by atoms with Crippen molar-refractivity contribution in [2.24, 2.45) is 0 Å². The van der Waals surface area contributed by atoms with E-state index in [1.54, 1.807) is 23.9 Å². The molecule has 3 heteroatoms. The van der Waals surface area contributed by atoms with E-state index in [4.69, 9.17) is 0 Å². The molecule has 88 valence electrons. The summed E-state index contributed by atoms with van der Waals surface area (Å²) in [6.45, 7) is 0.